The number of hydrogen-bond donors (Lipinski definition) is 1. The topological polar surface area (TPSA) is 81.2 Å². The lowest BCUT2D eigenvalue weighted by Gasteiger charge is -2.04. The van der Waals surface area contributed by atoms with Crippen LogP contribution in [-0.4, -0.2) is 9.91 Å². The minimum absolute atomic E-state index is 0.0879. The molecule has 0 fully saturated rings. The lowest BCUT2D eigenvalue weighted by atomic mass is 10.2. The highest BCUT2D eigenvalue weighted by Gasteiger charge is 2.13. The van der Waals surface area contributed by atoms with Crippen molar-refractivity contribution in [1.29, 1.82) is 0 Å². The summed E-state index contributed by atoms with van der Waals surface area (Å²) in [4.78, 5) is 14.5. The number of aromatic nitrogens is 1. The Bertz CT molecular complexity index is 896. The third-order valence-corrected chi connectivity index (χ3v) is 3.80. The molecule has 8 heteroatoms. The molecule has 3 aromatic rings. The molecule has 1 heterocycles. The average molecular weight is 364 g/mol. The number of nitrogens with zero attached hydrogens (tertiary/aromatic N) is 2. The predicted octanol–water partition coefficient (Wildman–Crippen LogP) is 5.17. The van der Waals surface area contributed by atoms with Crippen molar-refractivity contribution >= 4 is 34.6 Å². The van der Waals surface area contributed by atoms with E-state index < -0.39 is 4.92 Å². The van der Waals surface area contributed by atoms with Crippen molar-refractivity contribution in [2.45, 2.75) is 6.54 Å². The van der Waals surface area contributed by atoms with Gasteiger partial charge in [-0.3, -0.25) is 10.1 Å². The highest BCUT2D eigenvalue weighted by molar-refractivity contribution is 6.32. The van der Waals surface area contributed by atoms with Crippen LogP contribution in [0.5, 0.6) is 0 Å². The second kappa shape index (κ2) is 6.90. The molecule has 0 aliphatic rings. The van der Waals surface area contributed by atoms with E-state index >= 15 is 0 Å². The Morgan fingerprint density at radius 2 is 2.04 bits per heavy atom. The number of nitro groups is 1. The molecule has 122 valence electrons. The second-order valence-electron chi connectivity index (χ2n) is 4.91. The van der Waals surface area contributed by atoms with Crippen LogP contribution >= 0.6 is 23.2 Å². The zero-order chi connectivity index (χ0) is 17.1. The molecule has 0 saturated carbocycles. The van der Waals surface area contributed by atoms with Gasteiger partial charge in [0.05, 0.1) is 17.7 Å². The fourth-order valence-corrected chi connectivity index (χ4v) is 2.48. The zero-order valence-electron chi connectivity index (χ0n) is 12.2. The molecule has 0 unspecified atom stereocenters. The summed E-state index contributed by atoms with van der Waals surface area (Å²) in [7, 11) is 0. The first-order valence-electron chi connectivity index (χ1n) is 6.91. The first-order valence-corrected chi connectivity index (χ1v) is 7.67. The Hall–Kier alpha value is -2.57. The monoisotopic (exact) mass is 363 g/mol. The summed E-state index contributed by atoms with van der Waals surface area (Å²) < 4.78 is 5.66. The molecule has 0 amide bonds. The Morgan fingerprint density at radius 1 is 1.21 bits per heavy atom. The molecule has 0 radical (unpaired) electrons. The maximum atomic E-state index is 10.9. The number of halogens is 2. The summed E-state index contributed by atoms with van der Waals surface area (Å²) in [5.74, 6) is 1.04. The highest BCUT2D eigenvalue weighted by Crippen LogP contribution is 2.28. The normalized spacial score (nSPS) is 10.6. The van der Waals surface area contributed by atoms with Gasteiger partial charge in [0, 0.05) is 22.3 Å². The number of nitrogens with one attached hydrogen (secondary N) is 1. The van der Waals surface area contributed by atoms with Crippen molar-refractivity contribution in [3.63, 3.8) is 0 Å². The van der Waals surface area contributed by atoms with Crippen LogP contribution in [0, 0.1) is 10.1 Å². The molecule has 1 aromatic heterocycles. The molecular formula is C16H11Cl2N3O3. The minimum Gasteiger partial charge on any atom is -0.439 e. The maximum absolute atomic E-state index is 10.9. The predicted molar refractivity (Wildman–Crippen MR) is 92.4 cm³/mol. The summed E-state index contributed by atoms with van der Waals surface area (Å²) in [5, 5.41) is 14.6. The van der Waals surface area contributed by atoms with E-state index in [0.29, 0.717) is 22.4 Å². The molecule has 24 heavy (non-hydrogen) atoms. The van der Waals surface area contributed by atoms with Gasteiger partial charge in [-0.1, -0.05) is 35.3 Å². The van der Waals surface area contributed by atoms with Crippen LogP contribution in [0.1, 0.15) is 5.89 Å². The van der Waals surface area contributed by atoms with Gasteiger partial charge in [-0.15, -0.1) is 0 Å². The van der Waals surface area contributed by atoms with E-state index in [1.54, 1.807) is 24.4 Å². The van der Waals surface area contributed by atoms with Gasteiger partial charge in [0.15, 0.2) is 5.76 Å². The van der Waals surface area contributed by atoms with Crippen LogP contribution in [0.25, 0.3) is 11.3 Å². The van der Waals surface area contributed by atoms with Crippen molar-refractivity contribution < 1.29 is 9.34 Å². The van der Waals surface area contributed by atoms with Crippen molar-refractivity contribution in [3.8, 4) is 11.3 Å². The van der Waals surface area contributed by atoms with Gasteiger partial charge in [-0.2, -0.15) is 0 Å². The number of nitro benzene ring substituents is 1. The Kier molecular flexibility index (Phi) is 4.69. The summed E-state index contributed by atoms with van der Waals surface area (Å²) in [6.45, 7) is 0.277. The number of rotatable bonds is 5. The summed E-state index contributed by atoms with van der Waals surface area (Å²) in [5.41, 5.74) is 1.21. The van der Waals surface area contributed by atoms with Crippen LogP contribution in [0.2, 0.25) is 10.0 Å². The molecule has 0 bridgehead atoms. The van der Waals surface area contributed by atoms with Crippen molar-refractivity contribution in [2.75, 3.05) is 5.32 Å². The molecule has 0 saturated heterocycles. The van der Waals surface area contributed by atoms with Gasteiger partial charge < -0.3 is 9.73 Å². The van der Waals surface area contributed by atoms with E-state index in [1.165, 1.54) is 12.1 Å². The van der Waals surface area contributed by atoms with Crippen LogP contribution in [-0.2, 0) is 6.54 Å². The Labute approximate surface area is 147 Å². The highest BCUT2D eigenvalue weighted by atomic mass is 35.5. The average Bonchev–Trinajstić information content (AvgIpc) is 3.03. The van der Waals surface area contributed by atoms with Crippen molar-refractivity contribution in [2.24, 2.45) is 0 Å². The molecule has 3 rings (SSSR count). The molecule has 0 spiro atoms. The van der Waals surface area contributed by atoms with E-state index in [1.807, 2.05) is 12.1 Å². The van der Waals surface area contributed by atoms with E-state index in [4.69, 9.17) is 27.6 Å². The smallest absolute Gasteiger partial charge is 0.289 e. The first-order chi connectivity index (χ1) is 11.5. The van der Waals surface area contributed by atoms with E-state index in [-0.39, 0.29) is 17.3 Å². The lowest BCUT2D eigenvalue weighted by molar-refractivity contribution is -0.384. The van der Waals surface area contributed by atoms with Crippen LogP contribution in [0.15, 0.2) is 53.1 Å². The third-order valence-electron chi connectivity index (χ3n) is 3.25. The Morgan fingerprint density at radius 3 is 2.79 bits per heavy atom. The fourth-order valence-electron chi connectivity index (χ4n) is 2.11. The number of anilines is 1. The molecule has 0 aliphatic heterocycles. The number of oxazole rings is 1. The van der Waals surface area contributed by atoms with E-state index in [0.717, 1.165) is 5.56 Å². The van der Waals surface area contributed by atoms with Crippen molar-refractivity contribution in [1.82, 2.24) is 4.98 Å². The van der Waals surface area contributed by atoms with Gasteiger partial charge in [-0.05, 0) is 24.3 Å². The van der Waals surface area contributed by atoms with Gasteiger partial charge in [-0.25, -0.2) is 4.98 Å². The molecule has 6 nitrogen and oxygen atoms in total. The fraction of sp³-hybridized carbons (Fsp3) is 0.0625. The molecule has 0 aliphatic carbocycles. The van der Waals surface area contributed by atoms with E-state index in [2.05, 4.69) is 10.3 Å². The van der Waals surface area contributed by atoms with Gasteiger partial charge in [0.25, 0.3) is 5.69 Å². The van der Waals surface area contributed by atoms with Crippen molar-refractivity contribution in [3.05, 3.63) is 74.7 Å². The molecule has 0 atom stereocenters. The summed E-state index contributed by atoms with van der Waals surface area (Å²) in [6, 6.07) is 11.7. The molecule has 1 N–H and O–H groups in total. The summed E-state index contributed by atoms with van der Waals surface area (Å²) in [6.07, 6.45) is 1.60. The molecule has 2 aromatic carbocycles. The lowest BCUT2D eigenvalue weighted by Crippen LogP contribution is -2.00. The van der Waals surface area contributed by atoms with Crippen LogP contribution in [0.3, 0.4) is 0 Å². The number of benzene rings is 2. The van der Waals surface area contributed by atoms with Crippen LogP contribution in [0.4, 0.5) is 11.4 Å². The summed E-state index contributed by atoms with van der Waals surface area (Å²) >= 11 is 11.7. The van der Waals surface area contributed by atoms with E-state index in [9.17, 15) is 10.1 Å². The van der Waals surface area contributed by atoms with Gasteiger partial charge >= 0.3 is 0 Å². The minimum atomic E-state index is -0.532. The second-order valence-corrected chi connectivity index (χ2v) is 5.75. The number of hydrogen-bond acceptors (Lipinski definition) is 5. The molecular weight excluding hydrogens is 353 g/mol. The first kappa shape index (κ1) is 16.3. The quantitative estimate of drug-likeness (QED) is 0.499. The zero-order valence-corrected chi connectivity index (χ0v) is 13.7. The maximum Gasteiger partial charge on any atom is 0.289 e. The standard InChI is InChI=1S/C16H11Cl2N3O3/c17-11-3-1-2-10(6-11)15-8-20-16(24-15)9-19-12-4-5-13(18)14(7-12)21(22)23/h1-8,19H,9H2. The third kappa shape index (κ3) is 3.67. The van der Waals surface area contributed by atoms with Gasteiger partial charge in [0.1, 0.15) is 5.02 Å². The van der Waals surface area contributed by atoms with Crippen LogP contribution < -0.4 is 5.32 Å². The Balaban J connectivity index is 1.72. The van der Waals surface area contributed by atoms with Gasteiger partial charge in [0.2, 0.25) is 5.89 Å². The SMILES string of the molecule is O=[N+]([O-])c1cc(NCc2ncc(-c3cccc(Cl)c3)o2)ccc1Cl. The largest absolute Gasteiger partial charge is 0.439 e.